The van der Waals surface area contributed by atoms with E-state index in [1.807, 2.05) is 35.5 Å². The number of piperidine rings is 2. The Hall–Kier alpha value is -2.80. The Morgan fingerprint density at radius 3 is 2.53 bits per heavy atom. The Labute approximate surface area is 203 Å². The summed E-state index contributed by atoms with van der Waals surface area (Å²) < 4.78 is 0. The average Bonchev–Trinajstić information content (AvgIpc) is 2.89. The van der Waals surface area contributed by atoms with Crippen molar-refractivity contribution in [3.05, 3.63) is 60.2 Å². The van der Waals surface area contributed by atoms with Gasteiger partial charge in [0.2, 0.25) is 11.8 Å². The van der Waals surface area contributed by atoms with Crippen molar-refractivity contribution in [3.8, 4) is 0 Å². The van der Waals surface area contributed by atoms with E-state index in [2.05, 4.69) is 39.4 Å². The van der Waals surface area contributed by atoms with Crippen molar-refractivity contribution in [1.29, 1.82) is 0 Å². The van der Waals surface area contributed by atoms with Crippen molar-refractivity contribution < 1.29 is 9.59 Å². The number of nitrogens with one attached hydrogen (secondary N) is 1. The average molecular weight is 464 g/mol. The Balaban J connectivity index is 1.57. The number of amides is 2. The molecule has 2 aromatic rings. The quantitative estimate of drug-likeness (QED) is 0.683. The summed E-state index contributed by atoms with van der Waals surface area (Å²) in [7, 11) is 3.79. The number of hydrogen-bond acceptors (Lipinski definition) is 5. The van der Waals surface area contributed by atoms with Crippen LogP contribution in [0, 0.1) is 5.41 Å². The molecule has 0 spiro atoms. The molecule has 2 atom stereocenters. The van der Waals surface area contributed by atoms with Crippen LogP contribution in [0.25, 0.3) is 0 Å². The lowest BCUT2D eigenvalue weighted by Crippen LogP contribution is -2.60. The molecule has 2 aliphatic heterocycles. The lowest BCUT2D eigenvalue weighted by atomic mass is 9.71. The van der Waals surface area contributed by atoms with Gasteiger partial charge in [0.25, 0.3) is 0 Å². The molecule has 0 radical (unpaired) electrons. The first-order valence-electron chi connectivity index (χ1n) is 12.5. The van der Waals surface area contributed by atoms with Gasteiger partial charge in [-0.3, -0.25) is 19.6 Å². The number of aromatic nitrogens is 2. The molecule has 2 aliphatic rings. The van der Waals surface area contributed by atoms with Crippen molar-refractivity contribution in [3.63, 3.8) is 0 Å². The monoisotopic (exact) mass is 463 g/mol. The molecule has 0 saturated carbocycles. The van der Waals surface area contributed by atoms with Gasteiger partial charge in [0.1, 0.15) is 5.41 Å². The zero-order valence-electron chi connectivity index (χ0n) is 20.5. The molecule has 7 heteroatoms. The van der Waals surface area contributed by atoms with Crippen LogP contribution in [0.5, 0.6) is 0 Å². The summed E-state index contributed by atoms with van der Waals surface area (Å²) >= 11 is 0. The molecular weight excluding hydrogens is 426 g/mol. The number of hydrogen-bond donors (Lipinski definition) is 1. The van der Waals surface area contributed by atoms with Crippen molar-refractivity contribution >= 4 is 11.8 Å². The summed E-state index contributed by atoms with van der Waals surface area (Å²) in [5, 5.41) is 2.85. The molecule has 2 fully saturated rings. The molecule has 7 nitrogen and oxygen atoms in total. The number of rotatable bonds is 7. The van der Waals surface area contributed by atoms with E-state index in [1.54, 1.807) is 13.2 Å². The fraction of sp³-hybridized carbons (Fsp3) is 0.556. The fourth-order valence-electron chi connectivity index (χ4n) is 5.99. The normalized spacial score (nSPS) is 25.6. The smallest absolute Gasteiger partial charge is 0.233 e. The van der Waals surface area contributed by atoms with E-state index in [0.717, 1.165) is 57.3 Å². The summed E-state index contributed by atoms with van der Waals surface area (Å²) in [5.74, 6) is 0.147. The highest BCUT2D eigenvalue weighted by Gasteiger charge is 2.50. The third-order valence-corrected chi connectivity index (χ3v) is 7.69. The van der Waals surface area contributed by atoms with E-state index in [1.165, 1.54) is 5.56 Å². The van der Waals surface area contributed by atoms with E-state index in [4.69, 9.17) is 0 Å². The number of aryl methyl sites for hydroxylation is 1. The molecular formula is C27H37N5O2. The summed E-state index contributed by atoms with van der Waals surface area (Å²) in [5.41, 5.74) is 0.798. The van der Waals surface area contributed by atoms with Crippen molar-refractivity contribution in [2.45, 2.75) is 50.4 Å². The Kier molecular flexibility index (Phi) is 7.61. The van der Waals surface area contributed by atoms with Crippen LogP contribution in [0.3, 0.4) is 0 Å². The standard InChI is InChI=1S/C27H37N5O2/c1-28-24(33)27(23-9-3-4-15-30-23)14-7-19-32(21-27)25(34)26(13-6-18-31(2)20-26)12-5-8-22-10-16-29-17-11-22/h3-4,9-11,15-17H,5-8,12-14,18-21H2,1-2H3,(H,28,33). The van der Waals surface area contributed by atoms with Gasteiger partial charge >= 0.3 is 0 Å². The van der Waals surface area contributed by atoms with Gasteiger partial charge in [-0.2, -0.15) is 0 Å². The second-order valence-electron chi connectivity index (χ2n) is 10.0. The van der Waals surface area contributed by atoms with E-state index < -0.39 is 10.8 Å². The van der Waals surface area contributed by atoms with Gasteiger partial charge in [-0.1, -0.05) is 6.07 Å². The topological polar surface area (TPSA) is 78.4 Å². The van der Waals surface area contributed by atoms with Gasteiger partial charge < -0.3 is 15.1 Å². The second kappa shape index (κ2) is 10.6. The Morgan fingerprint density at radius 2 is 1.82 bits per heavy atom. The zero-order chi connectivity index (χ0) is 24.0. The molecule has 1 N–H and O–H groups in total. The molecule has 182 valence electrons. The lowest BCUT2D eigenvalue weighted by Gasteiger charge is -2.47. The minimum Gasteiger partial charge on any atom is -0.358 e. The first kappa shape index (κ1) is 24.3. The number of pyridine rings is 2. The van der Waals surface area contributed by atoms with E-state index >= 15 is 0 Å². The predicted molar refractivity (Wildman–Crippen MR) is 132 cm³/mol. The predicted octanol–water partition coefficient (Wildman–Crippen LogP) is 2.82. The van der Waals surface area contributed by atoms with Crippen molar-refractivity contribution in [1.82, 2.24) is 25.1 Å². The van der Waals surface area contributed by atoms with Crippen LogP contribution >= 0.6 is 0 Å². The van der Waals surface area contributed by atoms with Gasteiger partial charge in [0.05, 0.1) is 11.1 Å². The maximum absolute atomic E-state index is 14.2. The largest absolute Gasteiger partial charge is 0.358 e. The summed E-state index contributed by atoms with van der Waals surface area (Å²) in [6.07, 6.45) is 11.5. The molecule has 2 amide bonds. The SMILES string of the molecule is CNC(=O)C1(c2ccccn2)CCCN(C(=O)C2(CCCc3ccncc3)CCCN(C)C2)C1. The van der Waals surface area contributed by atoms with E-state index in [0.29, 0.717) is 19.5 Å². The summed E-state index contributed by atoms with van der Waals surface area (Å²) in [6, 6.07) is 9.81. The van der Waals surface area contributed by atoms with Crippen molar-refractivity contribution in [2.24, 2.45) is 5.41 Å². The Bertz CT molecular complexity index is 970. The number of likely N-dealkylation sites (tertiary alicyclic amines) is 2. The highest BCUT2D eigenvalue weighted by molar-refractivity contribution is 5.90. The molecule has 34 heavy (non-hydrogen) atoms. The molecule has 2 unspecified atom stereocenters. The number of carbonyl (C=O) groups excluding carboxylic acids is 2. The fourth-order valence-corrected chi connectivity index (χ4v) is 5.99. The van der Waals surface area contributed by atoms with Crippen LogP contribution < -0.4 is 5.32 Å². The molecule has 2 saturated heterocycles. The van der Waals surface area contributed by atoms with Gasteiger partial charge in [0, 0.05) is 45.3 Å². The highest BCUT2D eigenvalue weighted by Crippen LogP contribution is 2.40. The summed E-state index contributed by atoms with van der Waals surface area (Å²) in [6.45, 7) is 2.88. The van der Waals surface area contributed by atoms with E-state index in [9.17, 15) is 9.59 Å². The molecule has 0 bridgehead atoms. The van der Waals surface area contributed by atoms with Crippen LogP contribution in [0.15, 0.2) is 48.9 Å². The van der Waals surface area contributed by atoms with Gasteiger partial charge in [-0.05, 0) is 88.4 Å². The molecule has 0 aromatic carbocycles. The first-order chi connectivity index (χ1) is 16.5. The Morgan fingerprint density at radius 1 is 1.03 bits per heavy atom. The minimum atomic E-state index is -0.803. The van der Waals surface area contributed by atoms with Crippen LogP contribution in [0.2, 0.25) is 0 Å². The van der Waals surface area contributed by atoms with Gasteiger partial charge in [0.15, 0.2) is 0 Å². The summed E-state index contributed by atoms with van der Waals surface area (Å²) in [4.78, 5) is 40.3. The van der Waals surface area contributed by atoms with Crippen LogP contribution in [-0.4, -0.2) is 71.9 Å². The highest BCUT2D eigenvalue weighted by atomic mass is 16.2. The second-order valence-corrected chi connectivity index (χ2v) is 10.0. The number of likely N-dealkylation sites (N-methyl/N-ethyl adjacent to an activating group) is 1. The van der Waals surface area contributed by atoms with Crippen LogP contribution in [0.1, 0.15) is 49.8 Å². The maximum atomic E-state index is 14.2. The minimum absolute atomic E-state index is 0.0591. The van der Waals surface area contributed by atoms with Crippen molar-refractivity contribution in [2.75, 3.05) is 40.3 Å². The van der Waals surface area contributed by atoms with Crippen LogP contribution in [-0.2, 0) is 21.4 Å². The van der Waals surface area contributed by atoms with Gasteiger partial charge in [-0.25, -0.2) is 0 Å². The molecule has 0 aliphatic carbocycles. The molecule has 4 rings (SSSR count). The third kappa shape index (κ3) is 4.99. The molecule has 4 heterocycles. The maximum Gasteiger partial charge on any atom is 0.233 e. The van der Waals surface area contributed by atoms with Crippen LogP contribution in [0.4, 0.5) is 0 Å². The number of nitrogens with zero attached hydrogens (tertiary/aromatic N) is 4. The zero-order valence-corrected chi connectivity index (χ0v) is 20.5. The van der Waals surface area contributed by atoms with Gasteiger partial charge in [-0.15, -0.1) is 0 Å². The van der Waals surface area contributed by atoms with E-state index in [-0.39, 0.29) is 11.8 Å². The first-order valence-corrected chi connectivity index (χ1v) is 12.5. The lowest BCUT2D eigenvalue weighted by molar-refractivity contribution is -0.150. The molecule has 2 aromatic heterocycles. The third-order valence-electron chi connectivity index (χ3n) is 7.69. The number of carbonyl (C=O) groups is 2.